The number of aromatic hydroxyl groups is 1. The van der Waals surface area contributed by atoms with Crippen LogP contribution in [0.2, 0.25) is 0 Å². The average molecular weight is 281 g/mol. The number of hydrogen-bond donors (Lipinski definition) is 4. The van der Waals surface area contributed by atoms with Crippen LogP contribution < -0.4 is 5.32 Å². The second-order valence-electron chi connectivity index (χ2n) is 4.23. The van der Waals surface area contributed by atoms with Crippen molar-refractivity contribution in [1.29, 1.82) is 0 Å². The van der Waals surface area contributed by atoms with Crippen LogP contribution in [0.3, 0.4) is 0 Å². The maximum Gasteiger partial charge on any atom is 0.326 e. The maximum atomic E-state index is 11.7. The number of phenolic OH excluding ortho intramolecular Hbond substituents is 1. The molecular weight excluding hydrogens is 266 g/mol. The summed E-state index contributed by atoms with van der Waals surface area (Å²) >= 11 is 0. The molecule has 0 aliphatic heterocycles. The Hall–Kier alpha value is -2.57. The molecule has 0 spiro atoms. The number of carboxylic acid groups (broad SMARTS) is 2. The number of nitrogens with one attached hydrogen (secondary N) is 1. The van der Waals surface area contributed by atoms with Gasteiger partial charge in [-0.05, 0) is 24.1 Å². The second kappa shape index (κ2) is 7.13. The molecule has 108 valence electrons. The number of carbonyl (C=O) groups is 3. The fourth-order valence-corrected chi connectivity index (χ4v) is 1.57. The molecule has 0 saturated heterocycles. The Kier molecular flexibility index (Phi) is 5.52. The lowest BCUT2D eigenvalue weighted by atomic mass is 10.1. The Morgan fingerprint density at radius 3 is 2.20 bits per heavy atom. The van der Waals surface area contributed by atoms with E-state index in [9.17, 15) is 14.4 Å². The Labute approximate surface area is 114 Å². The summed E-state index contributed by atoms with van der Waals surface area (Å²) in [6.45, 7) is 0. The summed E-state index contributed by atoms with van der Waals surface area (Å²) in [7, 11) is 0. The first kappa shape index (κ1) is 15.5. The molecule has 0 saturated carbocycles. The highest BCUT2D eigenvalue weighted by Gasteiger charge is 2.20. The highest BCUT2D eigenvalue weighted by atomic mass is 16.4. The van der Waals surface area contributed by atoms with E-state index >= 15 is 0 Å². The van der Waals surface area contributed by atoms with Gasteiger partial charge in [-0.1, -0.05) is 12.1 Å². The van der Waals surface area contributed by atoms with E-state index in [0.717, 1.165) is 0 Å². The normalized spacial score (nSPS) is 11.6. The summed E-state index contributed by atoms with van der Waals surface area (Å²) in [4.78, 5) is 33.0. The summed E-state index contributed by atoms with van der Waals surface area (Å²) in [5.41, 5.74) is 0.614. The van der Waals surface area contributed by atoms with E-state index in [4.69, 9.17) is 15.3 Å². The lowest BCUT2D eigenvalue weighted by Gasteiger charge is -2.13. The van der Waals surface area contributed by atoms with Crippen LogP contribution in [0.1, 0.15) is 18.4 Å². The molecule has 0 aliphatic carbocycles. The minimum Gasteiger partial charge on any atom is -0.508 e. The first-order chi connectivity index (χ1) is 9.38. The molecule has 1 aromatic carbocycles. The summed E-state index contributed by atoms with van der Waals surface area (Å²) < 4.78 is 0. The highest BCUT2D eigenvalue weighted by molar-refractivity contribution is 5.85. The minimum absolute atomic E-state index is 0.0445. The zero-order chi connectivity index (χ0) is 15.1. The van der Waals surface area contributed by atoms with Crippen LogP contribution >= 0.6 is 0 Å². The number of aliphatic carboxylic acids is 2. The summed E-state index contributed by atoms with van der Waals surface area (Å²) in [6, 6.07) is 4.70. The Morgan fingerprint density at radius 2 is 1.70 bits per heavy atom. The molecule has 0 aromatic heterocycles. The molecule has 1 aromatic rings. The zero-order valence-corrected chi connectivity index (χ0v) is 10.6. The van der Waals surface area contributed by atoms with Crippen molar-refractivity contribution >= 4 is 17.8 Å². The van der Waals surface area contributed by atoms with Gasteiger partial charge in [-0.2, -0.15) is 0 Å². The Bertz CT molecular complexity index is 496. The molecule has 0 radical (unpaired) electrons. The van der Waals surface area contributed by atoms with Gasteiger partial charge < -0.3 is 20.6 Å². The van der Waals surface area contributed by atoms with Crippen molar-refractivity contribution in [2.45, 2.75) is 25.3 Å². The van der Waals surface area contributed by atoms with Crippen LogP contribution in [0.15, 0.2) is 24.3 Å². The van der Waals surface area contributed by atoms with Gasteiger partial charge in [0, 0.05) is 6.42 Å². The van der Waals surface area contributed by atoms with Gasteiger partial charge >= 0.3 is 11.9 Å². The molecule has 0 fully saturated rings. The number of benzene rings is 1. The first-order valence-electron chi connectivity index (χ1n) is 5.90. The fourth-order valence-electron chi connectivity index (χ4n) is 1.57. The third-order valence-corrected chi connectivity index (χ3v) is 2.58. The quantitative estimate of drug-likeness (QED) is 0.572. The van der Waals surface area contributed by atoms with Gasteiger partial charge in [0.15, 0.2) is 0 Å². The molecule has 0 aliphatic rings. The van der Waals surface area contributed by atoms with E-state index in [2.05, 4.69) is 5.32 Å². The largest absolute Gasteiger partial charge is 0.508 e. The molecule has 1 atom stereocenters. The van der Waals surface area contributed by atoms with Crippen LogP contribution in [0.4, 0.5) is 0 Å². The molecule has 1 amide bonds. The zero-order valence-electron chi connectivity index (χ0n) is 10.6. The van der Waals surface area contributed by atoms with Gasteiger partial charge in [-0.15, -0.1) is 0 Å². The van der Waals surface area contributed by atoms with E-state index in [1.807, 2.05) is 0 Å². The highest BCUT2D eigenvalue weighted by Crippen LogP contribution is 2.10. The minimum atomic E-state index is -1.27. The van der Waals surface area contributed by atoms with Gasteiger partial charge in [0.25, 0.3) is 0 Å². The van der Waals surface area contributed by atoms with Crippen molar-refractivity contribution in [3.63, 3.8) is 0 Å². The number of carboxylic acids is 2. The predicted octanol–water partition coefficient (Wildman–Crippen LogP) is 0.369. The third-order valence-electron chi connectivity index (χ3n) is 2.58. The van der Waals surface area contributed by atoms with E-state index in [1.165, 1.54) is 12.1 Å². The topological polar surface area (TPSA) is 124 Å². The summed E-state index contributed by atoms with van der Waals surface area (Å²) in [5, 5.41) is 28.8. The molecular formula is C13H15NO6. The first-order valence-corrected chi connectivity index (χ1v) is 5.90. The van der Waals surface area contributed by atoms with Crippen molar-refractivity contribution < 1.29 is 29.7 Å². The predicted molar refractivity (Wildman–Crippen MR) is 68.2 cm³/mol. The molecule has 4 N–H and O–H groups in total. The molecule has 0 unspecified atom stereocenters. The summed E-state index contributed by atoms with van der Waals surface area (Å²) in [5.74, 6) is -2.85. The van der Waals surface area contributed by atoms with E-state index in [0.29, 0.717) is 5.56 Å². The number of hydrogen-bond acceptors (Lipinski definition) is 4. The molecule has 0 heterocycles. The van der Waals surface area contributed by atoms with Crippen molar-refractivity contribution in [3.8, 4) is 5.75 Å². The SMILES string of the molecule is O=C(O)CC[C@H](NC(=O)Cc1ccc(O)cc1)C(=O)O. The van der Waals surface area contributed by atoms with E-state index in [1.54, 1.807) is 12.1 Å². The average Bonchev–Trinajstić information content (AvgIpc) is 2.36. The third kappa shape index (κ3) is 5.38. The number of amides is 1. The Balaban J connectivity index is 2.55. The van der Waals surface area contributed by atoms with Crippen LogP contribution in [-0.2, 0) is 20.8 Å². The molecule has 20 heavy (non-hydrogen) atoms. The van der Waals surface area contributed by atoms with Crippen molar-refractivity contribution in [2.24, 2.45) is 0 Å². The second-order valence-corrected chi connectivity index (χ2v) is 4.23. The monoisotopic (exact) mass is 281 g/mol. The standard InChI is InChI=1S/C13H15NO6/c15-9-3-1-8(2-4-9)7-11(16)14-10(13(19)20)5-6-12(17)18/h1-4,10,15H,5-7H2,(H,14,16)(H,17,18)(H,19,20)/t10-/m0/s1. The van der Waals surface area contributed by atoms with Gasteiger partial charge in [-0.25, -0.2) is 4.79 Å². The molecule has 7 heteroatoms. The van der Waals surface area contributed by atoms with Crippen molar-refractivity contribution in [1.82, 2.24) is 5.32 Å². The van der Waals surface area contributed by atoms with Gasteiger partial charge in [0.05, 0.1) is 6.42 Å². The van der Waals surface area contributed by atoms with Crippen molar-refractivity contribution in [2.75, 3.05) is 0 Å². The van der Waals surface area contributed by atoms with Crippen LogP contribution in [0.5, 0.6) is 5.75 Å². The lowest BCUT2D eigenvalue weighted by molar-refractivity contribution is -0.143. The fraction of sp³-hybridized carbons (Fsp3) is 0.308. The van der Waals surface area contributed by atoms with Gasteiger partial charge in [0.1, 0.15) is 11.8 Å². The van der Waals surface area contributed by atoms with Gasteiger partial charge in [0.2, 0.25) is 5.91 Å². The van der Waals surface area contributed by atoms with Crippen molar-refractivity contribution in [3.05, 3.63) is 29.8 Å². The number of carbonyl (C=O) groups excluding carboxylic acids is 1. The molecule has 1 rings (SSSR count). The van der Waals surface area contributed by atoms with E-state index in [-0.39, 0.29) is 25.0 Å². The van der Waals surface area contributed by atoms with Crippen LogP contribution in [0.25, 0.3) is 0 Å². The molecule has 0 bridgehead atoms. The van der Waals surface area contributed by atoms with Gasteiger partial charge in [-0.3, -0.25) is 9.59 Å². The van der Waals surface area contributed by atoms with E-state index < -0.39 is 23.9 Å². The lowest BCUT2D eigenvalue weighted by Crippen LogP contribution is -2.41. The molecule has 7 nitrogen and oxygen atoms in total. The maximum absolute atomic E-state index is 11.7. The van der Waals surface area contributed by atoms with Crippen LogP contribution in [-0.4, -0.2) is 39.2 Å². The van der Waals surface area contributed by atoms with Crippen LogP contribution in [0, 0.1) is 0 Å². The number of rotatable bonds is 7. The Morgan fingerprint density at radius 1 is 1.10 bits per heavy atom. The number of phenols is 1. The summed E-state index contributed by atoms with van der Waals surface area (Å²) in [6.07, 6.45) is -0.556. The smallest absolute Gasteiger partial charge is 0.326 e.